The van der Waals surface area contributed by atoms with E-state index in [1.54, 1.807) is 42.5 Å². The number of sulfonamides is 1. The molecular weight excluding hydrogens is 555 g/mol. The van der Waals surface area contributed by atoms with E-state index in [1.807, 2.05) is 36.4 Å². The maximum absolute atomic E-state index is 13.8. The van der Waals surface area contributed by atoms with E-state index in [1.165, 1.54) is 48.6 Å². The molecule has 0 saturated carbocycles. The van der Waals surface area contributed by atoms with E-state index < -0.39 is 21.8 Å². The number of anilines is 2. The number of carbonyl (C=O) groups is 2. The molecule has 0 spiro atoms. The summed E-state index contributed by atoms with van der Waals surface area (Å²) in [5, 5.41) is 2.97. The van der Waals surface area contributed by atoms with Crippen LogP contribution in [-0.4, -0.2) is 20.2 Å². The molecule has 0 bridgehead atoms. The van der Waals surface area contributed by atoms with Gasteiger partial charge in [-0.05, 0) is 59.7 Å². The average Bonchev–Trinajstić information content (AvgIpc) is 2.93. The fourth-order valence-electron chi connectivity index (χ4n) is 3.56. The van der Waals surface area contributed by atoms with Crippen molar-refractivity contribution < 1.29 is 18.0 Å². The van der Waals surface area contributed by atoms with Gasteiger partial charge in [0.25, 0.3) is 15.9 Å². The Kier molecular flexibility index (Phi) is 8.99. The third kappa shape index (κ3) is 7.23. The van der Waals surface area contributed by atoms with Crippen LogP contribution in [-0.2, 0) is 19.6 Å². The van der Waals surface area contributed by atoms with Gasteiger partial charge in [0.15, 0.2) is 0 Å². The number of benzene rings is 4. The number of nitrogens with zero attached hydrogens (tertiary/aromatic N) is 1. The van der Waals surface area contributed by atoms with E-state index in [-0.39, 0.29) is 26.3 Å². The van der Waals surface area contributed by atoms with Crippen molar-refractivity contribution in [2.24, 2.45) is 0 Å². The highest BCUT2D eigenvalue weighted by Crippen LogP contribution is 2.31. The molecule has 196 valence electrons. The molecule has 6 nitrogen and oxygen atoms in total. The maximum atomic E-state index is 13.8. The third-order valence-electron chi connectivity index (χ3n) is 5.42. The zero-order chi connectivity index (χ0) is 27.8. The zero-order valence-corrected chi connectivity index (χ0v) is 22.7. The van der Waals surface area contributed by atoms with Crippen LogP contribution in [0.25, 0.3) is 12.2 Å². The Morgan fingerprint density at radius 1 is 0.718 bits per heavy atom. The first-order valence-corrected chi connectivity index (χ1v) is 13.9. The first-order valence-electron chi connectivity index (χ1n) is 11.7. The molecule has 0 aliphatic heterocycles. The molecule has 2 amide bonds. The highest BCUT2D eigenvalue weighted by molar-refractivity contribution is 7.93. The van der Waals surface area contributed by atoms with E-state index in [2.05, 4.69) is 5.32 Å². The molecule has 0 unspecified atom stereocenters. The average molecular weight is 577 g/mol. The Morgan fingerprint density at radius 3 is 1.95 bits per heavy atom. The van der Waals surface area contributed by atoms with E-state index in [9.17, 15) is 18.0 Å². The van der Waals surface area contributed by atoms with Crippen molar-refractivity contribution in [3.8, 4) is 0 Å². The summed E-state index contributed by atoms with van der Waals surface area (Å²) in [5.41, 5.74) is 1.65. The molecule has 0 aliphatic carbocycles. The second-order valence-corrected chi connectivity index (χ2v) is 10.8. The summed E-state index contributed by atoms with van der Waals surface area (Å²) < 4.78 is 28.3. The molecular formula is C30H22Cl2N2O4S. The smallest absolute Gasteiger partial charge is 0.271 e. The molecule has 0 radical (unpaired) electrons. The quantitative estimate of drug-likeness (QED) is 0.227. The highest BCUT2D eigenvalue weighted by Gasteiger charge is 2.30. The molecule has 4 rings (SSSR count). The van der Waals surface area contributed by atoms with Crippen molar-refractivity contribution in [3.63, 3.8) is 0 Å². The van der Waals surface area contributed by atoms with Gasteiger partial charge < -0.3 is 5.32 Å². The number of halogens is 2. The van der Waals surface area contributed by atoms with E-state index >= 15 is 0 Å². The van der Waals surface area contributed by atoms with Gasteiger partial charge in [-0.1, -0.05) is 89.9 Å². The van der Waals surface area contributed by atoms with Crippen LogP contribution < -0.4 is 9.62 Å². The first-order chi connectivity index (χ1) is 18.7. The lowest BCUT2D eigenvalue weighted by Crippen LogP contribution is -2.36. The van der Waals surface area contributed by atoms with Crippen LogP contribution in [0.1, 0.15) is 11.1 Å². The fourth-order valence-corrected chi connectivity index (χ4v) is 5.32. The molecule has 0 saturated heterocycles. The zero-order valence-electron chi connectivity index (χ0n) is 20.4. The molecule has 0 aliphatic rings. The Hall–Kier alpha value is -4.17. The molecule has 39 heavy (non-hydrogen) atoms. The summed E-state index contributed by atoms with van der Waals surface area (Å²) in [6.45, 7) is 0. The molecule has 9 heteroatoms. The van der Waals surface area contributed by atoms with Gasteiger partial charge in [0.05, 0.1) is 21.3 Å². The minimum absolute atomic E-state index is 0.0524. The van der Waals surface area contributed by atoms with Gasteiger partial charge in [-0.25, -0.2) is 8.42 Å². The lowest BCUT2D eigenvalue weighted by Gasteiger charge is -2.22. The van der Waals surface area contributed by atoms with Gasteiger partial charge in [-0.2, -0.15) is 4.31 Å². The lowest BCUT2D eigenvalue weighted by molar-refractivity contribution is -0.113. The number of hydrogen-bond acceptors (Lipinski definition) is 4. The standard InChI is InChI=1S/C30H22Cl2N2O4S/c31-24-12-7-13-25(20-24)34(30(36)19-15-23-10-5-2-6-11-23)39(37,38)26-16-17-27(32)28(21-26)33-29(35)18-14-22-8-3-1-4-9-22/h1-21H,(H,33,35). The van der Waals surface area contributed by atoms with Crippen LogP contribution in [0.3, 0.4) is 0 Å². The van der Waals surface area contributed by atoms with Crippen molar-refractivity contribution in [2.45, 2.75) is 4.90 Å². The fraction of sp³-hybridized carbons (Fsp3) is 0. The summed E-state index contributed by atoms with van der Waals surface area (Å²) in [6.07, 6.45) is 5.61. The van der Waals surface area contributed by atoms with E-state index in [0.29, 0.717) is 9.87 Å². The summed E-state index contributed by atoms with van der Waals surface area (Å²) in [5.74, 6) is -1.32. The van der Waals surface area contributed by atoms with Crippen molar-refractivity contribution in [2.75, 3.05) is 9.62 Å². The van der Waals surface area contributed by atoms with Gasteiger partial charge in [-0.3, -0.25) is 9.59 Å². The molecule has 4 aromatic carbocycles. The van der Waals surface area contributed by atoms with Crippen molar-refractivity contribution in [1.82, 2.24) is 0 Å². The molecule has 0 aromatic heterocycles. The highest BCUT2D eigenvalue weighted by atomic mass is 35.5. The predicted octanol–water partition coefficient (Wildman–Crippen LogP) is 7.08. The van der Waals surface area contributed by atoms with Crippen molar-refractivity contribution in [3.05, 3.63) is 136 Å². The summed E-state index contributed by atoms with van der Waals surface area (Å²) in [4.78, 5) is 25.6. The second-order valence-electron chi connectivity index (χ2n) is 8.21. The van der Waals surface area contributed by atoms with Crippen LogP contribution in [0.4, 0.5) is 11.4 Å². The number of rotatable bonds is 8. The first kappa shape index (κ1) is 27.9. The molecule has 0 atom stereocenters. The summed E-state index contributed by atoms with van der Waals surface area (Å²) in [6, 6.07) is 27.9. The summed E-state index contributed by atoms with van der Waals surface area (Å²) >= 11 is 12.4. The van der Waals surface area contributed by atoms with Crippen molar-refractivity contribution in [1.29, 1.82) is 0 Å². The Balaban J connectivity index is 1.67. The van der Waals surface area contributed by atoms with Crippen LogP contribution in [0.5, 0.6) is 0 Å². The second kappa shape index (κ2) is 12.6. The largest absolute Gasteiger partial charge is 0.321 e. The minimum atomic E-state index is -4.46. The van der Waals surface area contributed by atoms with Gasteiger partial charge in [0.1, 0.15) is 0 Å². The normalized spacial score (nSPS) is 11.5. The van der Waals surface area contributed by atoms with Crippen LogP contribution in [0.2, 0.25) is 10.0 Å². The number of hydrogen-bond donors (Lipinski definition) is 1. The van der Waals surface area contributed by atoms with Gasteiger partial charge in [-0.15, -0.1) is 0 Å². The lowest BCUT2D eigenvalue weighted by atomic mass is 10.2. The SMILES string of the molecule is O=C(C=Cc1ccccc1)Nc1cc(S(=O)(=O)N(C(=O)C=Cc2ccccc2)c2cccc(Cl)c2)ccc1Cl. The molecule has 4 aromatic rings. The molecule has 0 heterocycles. The topological polar surface area (TPSA) is 83.6 Å². The Bertz CT molecular complexity index is 1660. The Morgan fingerprint density at radius 2 is 1.33 bits per heavy atom. The number of carbonyl (C=O) groups excluding carboxylic acids is 2. The maximum Gasteiger partial charge on any atom is 0.271 e. The van der Waals surface area contributed by atoms with E-state index in [0.717, 1.165) is 5.56 Å². The summed E-state index contributed by atoms with van der Waals surface area (Å²) in [7, 11) is -4.46. The van der Waals surface area contributed by atoms with Gasteiger partial charge in [0.2, 0.25) is 5.91 Å². The number of amides is 2. The Labute approximate surface area is 236 Å². The van der Waals surface area contributed by atoms with Crippen LogP contribution in [0.15, 0.2) is 120 Å². The van der Waals surface area contributed by atoms with Gasteiger partial charge >= 0.3 is 0 Å². The van der Waals surface area contributed by atoms with Crippen LogP contribution >= 0.6 is 23.2 Å². The predicted molar refractivity (Wildman–Crippen MR) is 157 cm³/mol. The van der Waals surface area contributed by atoms with E-state index in [4.69, 9.17) is 23.2 Å². The minimum Gasteiger partial charge on any atom is -0.321 e. The third-order valence-corrected chi connectivity index (χ3v) is 7.71. The molecule has 1 N–H and O–H groups in total. The molecule has 0 fully saturated rings. The van der Waals surface area contributed by atoms with Crippen molar-refractivity contribution >= 4 is 68.6 Å². The monoisotopic (exact) mass is 576 g/mol. The number of nitrogens with one attached hydrogen (secondary N) is 1. The van der Waals surface area contributed by atoms with Crippen LogP contribution in [0, 0.1) is 0 Å². The van der Waals surface area contributed by atoms with Gasteiger partial charge in [0, 0.05) is 17.2 Å².